The van der Waals surface area contributed by atoms with Crippen molar-refractivity contribution in [3.63, 3.8) is 0 Å². The van der Waals surface area contributed by atoms with Crippen molar-refractivity contribution in [3.8, 4) is 16.6 Å². The van der Waals surface area contributed by atoms with E-state index in [1.54, 1.807) is 27.0 Å². The number of aryl methyl sites for hydroxylation is 1. The number of hydrogen-bond donors (Lipinski definition) is 2. The molecular formula is C19H23N5O2S. The van der Waals surface area contributed by atoms with Gasteiger partial charge >= 0.3 is 6.09 Å². The van der Waals surface area contributed by atoms with Crippen molar-refractivity contribution < 1.29 is 9.53 Å². The summed E-state index contributed by atoms with van der Waals surface area (Å²) in [4.78, 5) is 21.9. The van der Waals surface area contributed by atoms with Crippen molar-refractivity contribution >= 4 is 23.1 Å². The summed E-state index contributed by atoms with van der Waals surface area (Å²) in [6.07, 6.45) is 3.55. The molecule has 3 heterocycles. The summed E-state index contributed by atoms with van der Waals surface area (Å²) in [5, 5.41) is 16.0. The zero-order valence-corrected chi connectivity index (χ0v) is 16.5. The van der Waals surface area contributed by atoms with Gasteiger partial charge in [-0.2, -0.15) is 5.26 Å². The van der Waals surface area contributed by atoms with E-state index in [9.17, 15) is 10.1 Å². The molecule has 0 fully saturated rings. The first-order chi connectivity index (χ1) is 12.8. The Morgan fingerprint density at radius 1 is 1.48 bits per heavy atom. The number of pyridine rings is 1. The van der Waals surface area contributed by atoms with E-state index in [1.807, 2.05) is 6.07 Å². The molecule has 0 spiro atoms. The Bertz CT molecular complexity index is 866. The van der Waals surface area contributed by atoms with E-state index in [4.69, 9.17) is 9.72 Å². The second-order valence-corrected chi connectivity index (χ2v) is 8.49. The van der Waals surface area contributed by atoms with Crippen LogP contribution in [0.4, 0.5) is 10.5 Å². The van der Waals surface area contributed by atoms with E-state index in [0.717, 1.165) is 46.3 Å². The van der Waals surface area contributed by atoms with Crippen LogP contribution in [0, 0.1) is 11.3 Å². The molecule has 1 atom stereocenters. The molecule has 1 amide bonds. The Hall–Kier alpha value is -2.66. The van der Waals surface area contributed by atoms with Crippen molar-refractivity contribution in [2.24, 2.45) is 0 Å². The van der Waals surface area contributed by atoms with Crippen LogP contribution in [-0.4, -0.2) is 34.2 Å². The van der Waals surface area contributed by atoms with Gasteiger partial charge in [0.25, 0.3) is 0 Å². The van der Waals surface area contributed by atoms with Crippen LogP contribution in [0.15, 0.2) is 18.3 Å². The van der Waals surface area contributed by atoms with Crippen LogP contribution in [0.5, 0.6) is 0 Å². The highest BCUT2D eigenvalue weighted by Gasteiger charge is 2.21. The van der Waals surface area contributed by atoms with E-state index < -0.39 is 17.7 Å². The van der Waals surface area contributed by atoms with Gasteiger partial charge in [0.2, 0.25) is 0 Å². The molecule has 2 aromatic rings. The SMILES string of the molecule is CC(C)(C)OC(=O)N[C@H](C#N)Cc1ncc(-c2ccc3c(n2)CCCN3)s1. The summed E-state index contributed by atoms with van der Waals surface area (Å²) in [6, 6.07) is 5.43. The first-order valence-electron chi connectivity index (χ1n) is 8.92. The molecule has 142 valence electrons. The maximum Gasteiger partial charge on any atom is 0.408 e. The molecular weight excluding hydrogens is 362 g/mol. The molecule has 1 aliphatic rings. The molecule has 3 rings (SSSR count). The highest BCUT2D eigenvalue weighted by molar-refractivity contribution is 7.15. The summed E-state index contributed by atoms with van der Waals surface area (Å²) < 4.78 is 5.20. The number of nitrogens with zero attached hydrogens (tertiary/aromatic N) is 3. The van der Waals surface area contributed by atoms with E-state index in [0.29, 0.717) is 6.42 Å². The maximum atomic E-state index is 11.9. The number of fused-ring (bicyclic) bond motifs is 1. The maximum absolute atomic E-state index is 11.9. The van der Waals surface area contributed by atoms with Crippen LogP contribution in [0.25, 0.3) is 10.6 Å². The molecule has 0 radical (unpaired) electrons. The van der Waals surface area contributed by atoms with Crippen LogP contribution >= 0.6 is 11.3 Å². The smallest absolute Gasteiger partial charge is 0.408 e. The van der Waals surface area contributed by atoms with E-state index in [2.05, 4.69) is 27.8 Å². The molecule has 2 N–H and O–H groups in total. The number of hydrogen-bond acceptors (Lipinski definition) is 7. The minimum Gasteiger partial charge on any atom is -0.444 e. The van der Waals surface area contributed by atoms with Crippen LogP contribution in [-0.2, 0) is 17.6 Å². The van der Waals surface area contributed by atoms with Crippen LogP contribution in [0.2, 0.25) is 0 Å². The number of nitrogens with one attached hydrogen (secondary N) is 2. The number of alkyl carbamates (subject to hydrolysis) is 1. The minimum atomic E-state index is -0.695. The van der Waals surface area contributed by atoms with E-state index in [-0.39, 0.29) is 0 Å². The van der Waals surface area contributed by atoms with E-state index >= 15 is 0 Å². The molecule has 0 unspecified atom stereocenters. The molecule has 27 heavy (non-hydrogen) atoms. The predicted octanol–water partition coefficient (Wildman–Crippen LogP) is 3.52. The number of ether oxygens (including phenoxy) is 1. The first kappa shape index (κ1) is 19.1. The molecule has 0 saturated carbocycles. The molecule has 8 heteroatoms. The molecule has 7 nitrogen and oxygen atoms in total. The summed E-state index contributed by atoms with van der Waals surface area (Å²) in [7, 11) is 0. The van der Waals surface area contributed by atoms with Gasteiger partial charge in [0.1, 0.15) is 11.6 Å². The van der Waals surface area contributed by atoms with Crippen molar-refractivity contribution in [3.05, 3.63) is 29.0 Å². The molecule has 1 aliphatic heterocycles. The summed E-state index contributed by atoms with van der Waals surface area (Å²) >= 11 is 1.48. The van der Waals surface area contributed by atoms with Crippen molar-refractivity contribution in [1.82, 2.24) is 15.3 Å². The van der Waals surface area contributed by atoms with Gasteiger partial charge in [0, 0.05) is 19.2 Å². The van der Waals surface area contributed by atoms with E-state index in [1.165, 1.54) is 11.3 Å². The Labute approximate surface area is 162 Å². The number of nitriles is 1. The topological polar surface area (TPSA) is 99.9 Å². The van der Waals surface area contributed by atoms with Crippen LogP contribution < -0.4 is 10.6 Å². The van der Waals surface area contributed by atoms with Crippen LogP contribution in [0.1, 0.15) is 37.9 Å². The fraction of sp³-hybridized carbons (Fsp3) is 0.474. The second-order valence-electron chi connectivity index (χ2n) is 7.37. The molecule has 0 saturated heterocycles. The van der Waals surface area contributed by atoms with Gasteiger partial charge in [-0.25, -0.2) is 14.8 Å². The molecule has 0 aliphatic carbocycles. The number of rotatable bonds is 4. The number of carbonyl (C=O) groups excluding carboxylic acids is 1. The van der Waals surface area contributed by atoms with Gasteiger partial charge in [0.05, 0.1) is 33.0 Å². The lowest BCUT2D eigenvalue weighted by atomic mass is 10.1. The normalized spacial score (nSPS) is 14.4. The highest BCUT2D eigenvalue weighted by Crippen LogP contribution is 2.29. The van der Waals surface area contributed by atoms with Crippen molar-refractivity contribution in [1.29, 1.82) is 5.26 Å². The fourth-order valence-electron chi connectivity index (χ4n) is 2.75. The average molecular weight is 385 g/mol. The molecule has 2 aromatic heterocycles. The summed E-state index contributed by atoms with van der Waals surface area (Å²) in [5.41, 5.74) is 2.46. The average Bonchev–Trinajstić information content (AvgIpc) is 3.07. The molecule has 0 aromatic carbocycles. The lowest BCUT2D eigenvalue weighted by Crippen LogP contribution is -2.39. The Kier molecular flexibility index (Phi) is 5.61. The largest absolute Gasteiger partial charge is 0.444 e. The number of carbonyl (C=O) groups is 1. The number of amides is 1. The minimum absolute atomic E-state index is 0.326. The Morgan fingerprint density at radius 3 is 3.04 bits per heavy atom. The van der Waals surface area contributed by atoms with Gasteiger partial charge < -0.3 is 15.4 Å². The number of aromatic nitrogens is 2. The van der Waals surface area contributed by atoms with Gasteiger partial charge in [-0.15, -0.1) is 11.3 Å². The van der Waals surface area contributed by atoms with Gasteiger partial charge in [-0.3, -0.25) is 0 Å². The quantitative estimate of drug-likeness (QED) is 0.835. The van der Waals surface area contributed by atoms with Crippen LogP contribution in [0.3, 0.4) is 0 Å². The van der Waals surface area contributed by atoms with Gasteiger partial charge in [0.15, 0.2) is 0 Å². The Balaban J connectivity index is 1.66. The third kappa shape index (κ3) is 5.17. The van der Waals surface area contributed by atoms with Gasteiger partial charge in [-0.05, 0) is 45.7 Å². The van der Waals surface area contributed by atoms with Crippen molar-refractivity contribution in [2.45, 2.75) is 51.7 Å². The zero-order chi connectivity index (χ0) is 19.4. The number of anilines is 1. The first-order valence-corrected chi connectivity index (χ1v) is 9.74. The predicted molar refractivity (Wildman–Crippen MR) is 105 cm³/mol. The monoisotopic (exact) mass is 385 g/mol. The summed E-state index contributed by atoms with van der Waals surface area (Å²) in [5.74, 6) is 0. The Morgan fingerprint density at radius 2 is 2.30 bits per heavy atom. The third-order valence-corrected chi connectivity index (χ3v) is 4.95. The third-order valence-electron chi connectivity index (χ3n) is 3.91. The zero-order valence-electron chi connectivity index (χ0n) is 15.7. The fourth-order valence-corrected chi connectivity index (χ4v) is 3.68. The standard InChI is InChI=1S/C19H23N5O2S/c1-19(2,3)26-18(25)23-12(10-20)9-17-22-11-16(27-17)15-7-6-13-14(24-15)5-4-8-21-13/h6-7,11-12,21H,4-5,8-9H2,1-3H3,(H,23,25)/t12-/m0/s1. The van der Waals surface area contributed by atoms with Crippen molar-refractivity contribution in [2.75, 3.05) is 11.9 Å². The lowest BCUT2D eigenvalue weighted by Gasteiger charge is -2.20. The molecule has 0 bridgehead atoms. The lowest BCUT2D eigenvalue weighted by molar-refractivity contribution is 0.0516. The summed E-state index contributed by atoms with van der Waals surface area (Å²) in [6.45, 7) is 6.32. The number of thiazole rings is 1. The second kappa shape index (κ2) is 7.92. The highest BCUT2D eigenvalue weighted by atomic mass is 32.1. The van der Waals surface area contributed by atoms with Gasteiger partial charge in [-0.1, -0.05) is 0 Å².